The van der Waals surface area contributed by atoms with Gasteiger partial charge in [-0.15, -0.1) is 13.2 Å². The van der Waals surface area contributed by atoms with Crippen molar-refractivity contribution in [1.29, 1.82) is 0 Å². The molecule has 0 bridgehead atoms. The molecule has 2 aromatic carbocycles. The van der Waals surface area contributed by atoms with Gasteiger partial charge in [0.05, 0.1) is 11.5 Å². The summed E-state index contributed by atoms with van der Waals surface area (Å²) in [5.41, 5.74) is 0.942. The molecule has 0 heterocycles. The van der Waals surface area contributed by atoms with Crippen LogP contribution in [-0.2, 0) is 14.8 Å². The molecule has 0 aliphatic heterocycles. The number of ether oxygens (including phenoxy) is 2. The molecule has 1 amide bonds. The second kappa shape index (κ2) is 12.0. The van der Waals surface area contributed by atoms with Crippen molar-refractivity contribution in [3.05, 3.63) is 79.4 Å². The van der Waals surface area contributed by atoms with E-state index in [-0.39, 0.29) is 23.9 Å². The fourth-order valence-corrected chi connectivity index (χ4v) is 4.07. The van der Waals surface area contributed by atoms with Crippen LogP contribution in [0.1, 0.15) is 17.3 Å². The minimum atomic E-state index is -3.68. The zero-order valence-corrected chi connectivity index (χ0v) is 18.4. The maximum Gasteiger partial charge on any atom is 0.255 e. The molecule has 31 heavy (non-hydrogen) atoms. The van der Waals surface area contributed by atoms with Gasteiger partial charge in [-0.3, -0.25) is 4.79 Å². The van der Waals surface area contributed by atoms with E-state index in [2.05, 4.69) is 18.5 Å². The Labute approximate surface area is 184 Å². The second-order valence-corrected chi connectivity index (χ2v) is 8.39. The van der Waals surface area contributed by atoms with E-state index >= 15 is 0 Å². The summed E-state index contributed by atoms with van der Waals surface area (Å²) in [6.45, 7) is 11.0. The van der Waals surface area contributed by atoms with Crippen molar-refractivity contribution in [2.24, 2.45) is 0 Å². The van der Waals surface area contributed by atoms with E-state index in [4.69, 9.17) is 9.47 Å². The SMILES string of the molecule is C=CCN(CC=C)S(=O)(=O)c1ccc(NC(=O)c2ccc(OCCOCC)cc2)cc1. The van der Waals surface area contributed by atoms with Crippen molar-refractivity contribution in [2.45, 2.75) is 11.8 Å². The van der Waals surface area contributed by atoms with Crippen LogP contribution >= 0.6 is 0 Å². The van der Waals surface area contributed by atoms with E-state index in [1.807, 2.05) is 6.92 Å². The third-order valence-electron chi connectivity index (χ3n) is 4.23. The van der Waals surface area contributed by atoms with Crippen molar-refractivity contribution in [1.82, 2.24) is 4.31 Å². The Morgan fingerprint density at radius 3 is 2.16 bits per heavy atom. The average molecular weight is 445 g/mol. The summed E-state index contributed by atoms with van der Waals surface area (Å²) in [4.78, 5) is 12.6. The molecule has 166 valence electrons. The van der Waals surface area contributed by atoms with E-state index in [1.54, 1.807) is 36.4 Å². The molecule has 0 spiro atoms. The molecule has 0 saturated carbocycles. The average Bonchev–Trinajstić information content (AvgIpc) is 2.77. The molecule has 0 atom stereocenters. The van der Waals surface area contributed by atoms with Gasteiger partial charge in [-0.05, 0) is 55.5 Å². The van der Waals surface area contributed by atoms with Gasteiger partial charge in [0.25, 0.3) is 5.91 Å². The largest absolute Gasteiger partial charge is 0.491 e. The van der Waals surface area contributed by atoms with Gasteiger partial charge in [0, 0.05) is 30.9 Å². The van der Waals surface area contributed by atoms with Crippen LogP contribution in [0.4, 0.5) is 5.69 Å². The lowest BCUT2D eigenvalue weighted by molar-refractivity contribution is 0.102. The summed E-state index contributed by atoms with van der Waals surface area (Å²) >= 11 is 0. The van der Waals surface area contributed by atoms with Crippen LogP contribution in [0.15, 0.2) is 78.7 Å². The number of anilines is 1. The summed E-state index contributed by atoms with van der Waals surface area (Å²) in [5, 5.41) is 2.76. The lowest BCUT2D eigenvalue weighted by Gasteiger charge is -2.19. The standard InChI is InChI=1S/C23H28N2O5S/c1-4-15-25(16-5-2)31(27,28)22-13-9-20(10-14-22)24-23(26)19-7-11-21(12-8-19)30-18-17-29-6-3/h4-5,7-14H,1-2,6,15-18H2,3H3,(H,24,26). The number of hydrogen-bond acceptors (Lipinski definition) is 5. The smallest absolute Gasteiger partial charge is 0.255 e. The van der Waals surface area contributed by atoms with Gasteiger partial charge < -0.3 is 14.8 Å². The molecular weight excluding hydrogens is 416 g/mol. The Hall–Kier alpha value is -2.94. The molecule has 0 saturated heterocycles. The van der Waals surface area contributed by atoms with Gasteiger partial charge in [0.15, 0.2) is 0 Å². The lowest BCUT2D eigenvalue weighted by atomic mass is 10.2. The van der Waals surface area contributed by atoms with Crippen molar-refractivity contribution in [3.8, 4) is 5.75 Å². The molecule has 8 heteroatoms. The Morgan fingerprint density at radius 1 is 1.00 bits per heavy atom. The molecular formula is C23H28N2O5S. The first-order valence-electron chi connectivity index (χ1n) is 9.86. The predicted molar refractivity (Wildman–Crippen MR) is 122 cm³/mol. The highest BCUT2D eigenvalue weighted by molar-refractivity contribution is 7.89. The van der Waals surface area contributed by atoms with Crippen LogP contribution in [0, 0.1) is 0 Å². The first-order valence-corrected chi connectivity index (χ1v) is 11.3. The number of carbonyl (C=O) groups excluding carboxylic acids is 1. The number of hydrogen-bond donors (Lipinski definition) is 1. The summed E-state index contributed by atoms with van der Waals surface area (Å²) in [6.07, 6.45) is 3.04. The Bertz CT molecular complexity index is 960. The van der Waals surface area contributed by atoms with E-state index in [0.717, 1.165) is 0 Å². The first-order chi connectivity index (χ1) is 14.9. The van der Waals surface area contributed by atoms with Crippen molar-refractivity contribution >= 4 is 21.6 Å². The van der Waals surface area contributed by atoms with Gasteiger partial charge in [0.2, 0.25) is 10.0 Å². The predicted octanol–water partition coefficient (Wildman–Crippen LogP) is 3.72. The highest BCUT2D eigenvalue weighted by Gasteiger charge is 2.22. The number of nitrogens with one attached hydrogen (secondary N) is 1. The lowest BCUT2D eigenvalue weighted by Crippen LogP contribution is -2.31. The zero-order chi connectivity index (χ0) is 22.7. The topological polar surface area (TPSA) is 84.9 Å². The molecule has 0 radical (unpaired) electrons. The van der Waals surface area contributed by atoms with Gasteiger partial charge in [0.1, 0.15) is 12.4 Å². The fourth-order valence-electron chi connectivity index (χ4n) is 2.69. The molecule has 1 N–H and O–H groups in total. The molecule has 0 aromatic heterocycles. The molecule has 2 aromatic rings. The van der Waals surface area contributed by atoms with Crippen LogP contribution in [0.5, 0.6) is 5.75 Å². The molecule has 0 unspecified atom stereocenters. The van der Waals surface area contributed by atoms with Crippen LogP contribution in [-0.4, -0.2) is 51.5 Å². The maximum absolute atomic E-state index is 12.7. The Kier molecular flexibility index (Phi) is 9.45. The van der Waals surface area contributed by atoms with E-state index < -0.39 is 10.0 Å². The highest BCUT2D eigenvalue weighted by Crippen LogP contribution is 2.20. The number of rotatable bonds is 13. The molecule has 0 aliphatic rings. The molecule has 7 nitrogen and oxygen atoms in total. The van der Waals surface area contributed by atoms with Gasteiger partial charge in [-0.1, -0.05) is 12.2 Å². The van der Waals surface area contributed by atoms with Crippen LogP contribution in [0.2, 0.25) is 0 Å². The van der Waals surface area contributed by atoms with Crippen LogP contribution in [0.3, 0.4) is 0 Å². The van der Waals surface area contributed by atoms with Crippen LogP contribution < -0.4 is 10.1 Å². The number of sulfonamides is 1. The summed E-state index contributed by atoms with van der Waals surface area (Å²) in [6, 6.07) is 12.8. The van der Waals surface area contributed by atoms with Gasteiger partial charge in [-0.2, -0.15) is 4.31 Å². The minimum absolute atomic E-state index is 0.128. The van der Waals surface area contributed by atoms with E-state index in [0.29, 0.717) is 36.8 Å². The maximum atomic E-state index is 12.7. The van der Waals surface area contributed by atoms with Gasteiger partial charge >= 0.3 is 0 Å². The quantitative estimate of drug-likeness (QED) is 0.376. The minimum Gasteiger partial charge on any atom is -0.491 e. The highest BCUT2D eigenvalue weighted by atomic mass is 32.2. The Morgan fingerprint density at radius 2 is 1.61 bits per heavy atom. The van der Waals surface area contributed by atoms with Gasteiger partial charge in [-0.25, -0.2) is 8.42 Å². The van der Waals surface area contributed by atoms with Crippen LogP contribution in [0.25, 0.3) is 0 Å². The second-order valence-electron chi connectivity index (χ2n) is 6.45. The third-order valence-corrected chi connectivity index (χ3v) is 6.08. The number of carbonyl (C=O) groups is 1. The van der Waals surface area contributed by atoms with E-state index in [9.17, 15) is 13.2 Å². The third kappa shape index (κ3) is 7.06. The zero-order valence-electron chi connectivity index (χ0n) is 17.6. The Balaban J connectivity index is 2.01. The molecule has 0 aliphatic carbocycles. The normalized spacial score (nSPS) is 11.2. The monoisotopic (exact) mass is 444 g/mol. The fraction of sp³-hybridized carbons (Fsp3) is 0.261. The summed E-state index contributed by atoms with van der Waals surface area (Å²) < 4.78 is 37.5. The molecule has 0 fully saturated rings. The number of benzene rings is 2. The summed E-state index contributed by atoms with van der Waals surface area (Å²) in [5.74, 6) is 0.339. The van der Waals surface area contributed by atoms with Crippen molar-refractivity contribution in [3.63, 3.8) is 0 Å². The molecule has 2 rings (SSSR count). The summed E-state index contributed by atoms with van der Waals surface area (Å²) in [7, 11) is -3.68. The van der Waals surface area contributed by atoms with Crippen molar-refractivity contribution in [2.75, 3.05) is 38.2 Å². The number of nitrogens with zero attached hydrogens (tertiary/aromatic N) is 1. The first kappa shape index (κ1) is 24.3. The number of amides is 1. The van der Waals surface area contributed by atoms with Crippen molar-refractivity contribution < 1.29 is 22.7 Å². The van der Waals surface area contributed by atoms with E-state index in [1.165, 1.54) is 28.6 Å².